The van der Waals surface area contributed by atoms with Crippen molar-refractivity contribution in [2.75, 3.05) is 36.5 Å². The number of nitrogens with zero attached hydrogens (tertiary/aromatic N) is 1. The highest BCUT2D eigenvalue weighted by Crippen LogP contribution is 2.29. The van der Waals surface area contributed by atoms with Crippen LogP contribution >= 0.6 is 23.8 Å². The van der Waals surface area contributed by atoms with Crippen molar-refractivity contribution in [3.63, 3.8) is 0 Å². The highest BCUT2D eigenvalue weighted by atomic mass is 35.5. The second kappa shape index (κ2) is 7.76. The Labute approximate surface area is 141 Å². The maximum atomic E-state index is 11.7. The lowest BCUT2D eigenvalue weighted by atomic mass is 10.2. The molecule has 1 aromatic rings. The summed E-state index contributed by atoms with van der Waals surface area (Å²) < 4.78 is 5.37. The Morgan fingerprint density at radius 2 is 2.05 bits per heavy atom. The predicted molar refractivity (Wildman–Crippen MR) is 93.7 cm³/mol. The van der Waals surface area contributed by atoms with Gasteiger partial charge in [0.05, 0.1) is 24.6 Å². The fraction of sp³-hybridized carbons (Fsp3) is 0.467. The highest BCUT2D eigenvalue weighted by Gasteiger charge is 2.16. The largest absolute Gasteiger partial charge is 0.378 e. The van der Waals surface area contributed by atoms with E-state index in [0.717, 1.165) is 24.5 Å². The molecular formula is C15H20ClN3O2S. The Morgan fingerprint density at radius 1 is 1.36 bits per heavy atom. The van der Waals surface area contributed by atoms with Crippen molar-refractivity contribution in [3.8, 4) is 0 Å². The molecule has 0 saturated carbocycles. The summed E-state index contributed by atoms with van der Waals surface area (Å²) in [6.45, 7) is 6.63. The van der Waals surface area contributed by atoms with Gasteiger partial charge < -0.3 is 20.3 Å². The number of carbonyl (C=O) groups is 1. The molecule has 120 valence electrons. The number of nitrogens with one attached hydrogen (secondary N) is 2. The van der Waals surface area contributed by atoms with Gasteiger partial charge in [-0.1, -0.05) is 25.4 Å². The Kier molecular flexibility index (Phi) is 5.99. The lowest BCUT2D eigenvalue weighted by Gasteiger charge is -2.30. The minimum absolute atomic E-state index is 0.118. The summed E-state index contributed by atoms with van der Waals surface area (Å²) in [5.74, 6) is -0.245. The van der Waals surface area contributed by atoms with Crippen molar-refractivity contribution < 1.29 is 9.53 Å². The van der Waals surface area contributed by atoms with E-state index in [1.807, 2.05) is 26.0 Å². The van der Waals surface area contributed by atoms with Crippen molar-refractivity contribution in [1.29, 1.82) is 0 Å². The van der Waals surface area contributed by atoms with E-state index in [1.165, 1.54) is 0 Å². The summed E-state index contributed by atoms with van der Waals surface area (Å²) in [7, 11) is 0. The molecule has 0 atom stereocenters. The SMILES string of the molecule is CC(C)C(=O)NC(=S)Nc1cc(Cl)ccc1N1CCOCC1. The number of amides is 1. The molecule has 1 saturated heterocycles. The third kappa shape index (κ3) is 4.56. The molecular weight excluding hydrogens is 322 g/mol. The smallest absolute Gasteiger partial charge is 0.228 e. The standard InChI is InChI=1S/C15H20ClN3O2S/c1-10(2)14(20)18-15(22)17-12-9-11(16)3-4-13(12)19-5-7-21-8-6-19/h3-4,9-10H,5-8H2,1-2H3,(H2,17,18,20,22). The van der Waals surface area contributed by atoms with Crippen LogP contribution < -0.4 is 15.5 Å². The first-order valence-electron chi connectivity index (χ1n) is 7.21. The van der Waals surface area contributed by atoms with E-state index in [1.54, 1.807) is 6.07 Å². The zero-order chi connectivity index (χ0) is 16.1. The summed E-state index contributed by atoms with van der Waals surface area (Å²) in [5, 5.41) is 6.62. The van der Waals surface area contributed by atoms with E-state index in [9.17, 15) is 4.79 Å². The van der Waals surface area contributed by atoms with Crippen LogP contribution in [0.1, 0.15) is 13.8 Å². The molecule has 2 N–H and O–H groups in total. The van der Waals surface area contributed by atoms with Crippen LogP contribution in [0.5, 0.6) is 0 Å². The van der Waals surface area contributed by atoms with E-state index >= 15 is 0 Å². The van der Waals surface area contributed by atoms with Gasteiger partial charge in [-0.3, -0.25) is 4.79 Å². The number of thiocarbonyl (C=S) groups is 1. The number of carbonyl (C=O) groups excluding carboxylic acids is 1. The molecule has 1 fully saturated rings. The lowest BCUT2D eigenvalue weighted by Crippen LogP contribution is -2.39. The van der Waals surface area contributed by atoms with Crippen LogP contribution in [-0.4, -0.2) is 37.3 Å². The third-order valence-corrected chi connectivity index (χ3v) is 3.76. The van der Waals surface area contributed by atoms with Crippen molar-refractivity contribution in [2.24, 2.45) is 5.92 Å². The summed E-state index contributed by atoms with van der Waals surface area (Å²) in [5.41, 5.74) is 1.78. The third-order valence-electron chi connectivity index (χ3n) is 3.32. The Bertz CT molecular complexity index is 560. The lowest BCUT2D eigenvalue weighted by molar-refractivity contribution is -0.122. The molecule has 0 radical (unpaired) electrons. The van der Waals surface area contributed by atoms with Crippen LogP contribution in [0.4, 0.5) is 11.4 Å². The molecule has 7 heteroatoms. The first-order valence-corrected chi connectivity index (χ1v) is 8.00. The molecule has 5 nitrogen and oxygen atoms in total. The topological polar surface area (TPSA) is 53.6 Å². The monoisotopic (exact) mass is 341 g/mol. The normalized spacial score (nSPS) is 14.8. The van der Waals surface area contributed by atoms with Crippen LogP contribution in [0.3, 0.4) is 0 Å². The molecule has 0 aliphatic carbocycles. The minimum Gasteiger partial charge on any atom is -0.378 e. The van der Waals surface area contributed by atoms with Crippen LogP contribution in [0.2, 0.25) is 5.02 Å². The predicted octanol–water partition coefficient (Wildman–Crippen LogP) is 2.65. The van der Waals surface area contributed by atoms with E-state index in [-0.39, 0.29) is 16.9 Å². The average Bonchev–Trinajstić information content (AvgIpc) is 2.48. The second-order valence-corrected chi connectivity index (χ2v) is 6.20. The number of anilines is 2. The number of benzene rings is 1. The molecule has 0 bridgehead atoms. The van der Waals surface area contributed by atoms with Gasteiger partial charge in [-0.25, -0.2) is 0 Å². The van der Waals surface area contributed by atoms with Gasteiger partial charge in [-0.05, 0) is 30.4 Å². The summed E-state index contributed by atoms with van der Waals surface area (Å²) in [4.78, 5) is 13.9. The van der Waals surface area contributed by atoms with Crippen molar-refractivity contribution in [3.05, 3.63) is 23.2 Å². The molecule has 0 aromatic heterocycles. The van der Waals surface area contributed by atoms with Gasteiger partial charge >= 0.3 is 0 Å². The van der Waals surface area contributed by atoms with Gasteiger partial charge in [0.1, 0.15) is 0 Å². The molecule has 1 aliphatic heterocycles. The molecule has 1 aromatic carbocycles. The molecule has 1 heterocycles. The minimum atomic E-state index is -0.127. The number of hydrogen-bond donors (Lipinski definition) is 2. The van der Waals surface area contributed by atoms with Crippen LogP contribution in [0, 0.1) is 5.92 Å². The molecule has 2 rings (SSSR count). The van der Waals surface area contributed by atoms with Gasteiger partial charge in [0.25, 0.3) is 0 Å². The van der Waals surface area contributed by atoms with Crippen molar-refractivity contribution in [1.82, 2.24) is 5.32 Å². The van der Waals surface area contributed by atoms with E-state index in [0.29, 0.717) is 18.2 Å². The van der Waals surface area contributed by atoms with Crippen LogP contribution in [0.15, 0.2) is 18.2 Å². The maximum Gasteiger partial charge on any atom is 0.228 e. The van der Waals surface area contributed by atoms with Gasteiger partial charge in [0.15, 0.2) is 5.11 Å². The van der Waals surface area contributed by atoms with Gasteiger partial charge in [-0.2, -0.15) is 0 Å². The number of morpholine rings is 1. The zero-order valence-electron chi connectivity index (χ0n) is 12.7. The average molecular weight is 342 g/mol. The van der Waals surface area contributed by atoms with Gasteiger partial charge in [0, 0.05) is 24.0 Å². The Morgan fingerprint density at radius 3 is 2.68 bits per heavy atom. The second-order valence-electron chi connectivity index (χ2n) is 5.36. The van der Waals surface area contributed by atoms with E-state index in [4.69, 9.17) is 28.6 Å². The molecule has 0 unspecified atom stereocenters. The number of rotatable bonds is 3. The zero-order valence-corrected chi connectivity index (χ0v) is 14.3. The van der Waals surface area contributed by atoms with Gasteiger partial charge in [0.2, 0.25) is 5.91 Å². The summed E-state index contributed by atoms with van der Waals surface area (Å²) >= 11 is 11.3. The van der Waals surface area contributed by atoms with Crippen LogP contribution in [-0.2, 0) is 9.53 Å². The van der Waals surface area contributed by atoms with Crippen molar-refractivity contribution >= 4 is 46.2 Å². The number of halogens is 1. The van der Waals surface area contributed by atoms with Crippen molar-refractivity contribution in [2.45, 2.75) is 13.8 Å². The maximum absolute atomic E-state index is 11.7. The fourth-order valence-corrected chi connectivity index (χ4v) is 2.48. The van der Waals surface area contributed by atoms with E-state index in [2.05, 4.69) is 15.5 Å². The molecule has 22 heavy (non-hydrogen) atoms. The quantitative estimate of drug-likeness (QED) is 0.828. The number of hydrogen-bond acceptors (Lipinski definition) is 4. The summed E-state index contributed by atoms with van der Waals surface area (Å²) in [6, 6.07) is 5.59. The van der Waals surface area contributed by atoms with E-state index < -0.39 is 0 Å². The molecule has 1 amide bonds. The Hall–Kier alpha value is -1.37. The molecule has 0 spiro atoms. The Balaban J connectivity index is 2.13. The fourth-order valence-electron chi connectivity index (χ4n) is 2.10. The first-order chi connectivity index (χ1) is 10.5. The number of ether oxygens (including phenoxy) is 1. The van der Waals surface area contributed by atoms with Gasteiger partial charge in [-0.15, -0.1) is 0 Å². The first kappa shape index (κ1) is 17.0. The summed E-state index contributed by atoms with van der Waals surface area (Å²) in [6.07, 6.45) is 0. The molecule has 1 aliphatic rings. The van der Waals surface area contributed by atoms with Crippen LogP contribution in [0.25, 0.3) is 0 Å². The highest BCUT2D eigenvalue weighted by molar-refractivity contribution is 7.80.